The van der Waals surface area contributed by atoms with Gasteiger partial charge < -0.3 is 25.4 Å². The van der Waals surface area contributed by atoms with E-state index in [1.807, 2.05) is 30.3 Å². The Balaban J connectivity index is 0.00000507. The average molecular weight is 570 g/mol. The van der Waals surface area contributed by atoms with Crippen LogP contribution < -0.4 is 16.2 Å². The van der Waals surface area contributed by atoms with E-state index in [9.17, 15) is 18.0 Å². The van der Waals surface area contributed by atoms with Crippen molar-refractivity contribution < 1.29 is 27.5 Å². The molecular weight excluding hydrogens is 534 g/mol. The minimum absolute atomic E-state index is 0. The van der Waals surface area contributed by atoms with Gasteiger partial charge in [0.25, 0.3) is 0 Å². The van der Waals surface area contributed by atoms with E-state index >= 15 is 0 Å². The van der Waals surface area contributed by atoms with Gasteiger partial charge in [-0.05, 0) is 19.4 Å². The first-order chi connectivity index (χ1) is 17.3. The van der Waals surface area contributed by atoms with Crippen molar-refractivity contribution in [1.82, 2.24) is 24.8 Å². The van der Waals surface area contributed by atoms with Gasteiger partial charge >= 0.3 is 6.09 Å². The predicted octanol–water partition coefficient (Wildman–Crippen LogP) is 1.40. The van der Waals surface area contributed by atoms with Gasteiger partial charge in [0.2, 0.25) is 20.9 Å². The van der Waals surface area contributed by atoms with E-state index in [-0.39, 0.29) is 27.2 Å². The number of carbonyl (C=O) groups excluding carboxylic acids is 2. The fourth-order valence-electron chi connectivity index (χ4n) is 3.12. The highest BCUT2D eigenvalue weighted by Gasteiger charge is 2.29. The smallest absolute Gasteiger partial charge is 0.409 e. The molecule has 5 N–H and O–H groups in total. The van der Waals surface area contributed by atoms with Crippen molar-refractivity contribution in [2.24, 2.45) is 10.9 Å². The van der Waals surface area contributed by atoms with E-state index in [1.165, 1.54) is 18.4 Å². The van der Waals surface area contributed by atoms with Gasteiger partial charge in [0.05, 0.1) is 30.2 Å². The Kier molecular flexibility index (Phi) is 10.7. The number of nitrogens with one attached hydrogen (secondary N) is 1. The topological polar surface area (TPSA) is 184 Å². The van der Waals surface area contributed by atoms with Crippen molar-refractivity contribution in [2.45, 2.75) is 46.1 Å². The molecule has 1 aromatic carbocycles. The predicted molar refractivity (Wildman–Crippen MR) is 144 cm³/mol. The van der Waals surface area contributed by atoms with Crippen LogP contribution in [0.4, 0.5) is 4.79 Å². The lowest BCUT2D eigenvalue weighted by atomic mass is 10.1. The van der Waals surface area contributed by atoms with Crippen molar-refractivity contribution in [2.75, 3.05) is 26.0 Å². The van der Waals surface area contributed by atoms with Crippen molar-refractivity contribution in [3.05, 3.63) is 52.8 Å². The molecule has 2 aromatic heterocycles. The van der Waals surface area contributed by atoms with Crippen LogP contribution in [-0.4, -0.2) is 71.4 Å². The van der Waals surface area contributed by atoms with Crippen LogP contribution in [0.5, 0.6) is 0 Å². The maximum Gasteiger partial charge on any atom is 0.409 e. The number of nitrogens with two attached hydrogens (primary N) is 2. The number of carbonyl (C=O) groups is 2. The molecule has 0 fully saturated rings. The summed E-state index contributed by atoms with van der Waals surface area (Å²) in [5.41, 5.74) is 6.36. The highest BCUT2D eigenvalue weighted by molar-refractivity contribution is 7.89. The van der Waals surface area contributed by atoms with E-state index in [4.69, 9.17) is 20.3 Å². The zero-order valence-corrected chi connectivity index (χ0v) is 22.4. The normalized spacial score (nSPS) is 12.6. The van der Waals surface area contributed by atoms with E-state index in [1.54, 1.807) is 23.6 Å². The van der Waals surface area contributed by atoms with Crippen LogP contribution in [0.15, 0.2) is 35.7 Å². The van der Waals surface area contributed by atoms with E-state index < -0.39 is 39.4 Å². The first-order valence-electron chi connectivity index (χ1n) is 11.3. The Morgan fingerprint density at radius 3 is 2.53 bits per heavy atom. The SMILES string of the molecule is C.CN(CCS(N)(=O)=O)C(=O)OCc1csc2nnc([C@@H](COCc3ccccc3)NC(=O)C(C)(C)N)n12. The molecule has 0 bridgehead atoms. The van der Waals surface area contributed by atoms with Crippen LogP contribution in [-0.2, 0) is 37.5 Å². The first kappa shape index (κ1) is 31.1. The Labute approximate surface area is 226 Å². The van der Waals surface area contributed by atoms with Crippen molar-refractivity contribution in [1.29, 1.82) is 0 Å². The molecule has 0 unspecified atom stereocenters. The molecule has 0 spiro atoms. The number of hydrogen-bond acceptors (Lipinski definition) is 10. The number of hydrogen-bond donors (Lipinski definition) is 3. The Hall–Kier alpha value is -3.11. The lowest BCUT2D eigenvalue weighted by Crippen LogP contribution is -2.51. The van der Waals surface area contributed by atoms with Crippen LogP contribution in [0.1, 0.15) is 44.4 Å². The number of rotatable bonds is 12. The summed E-state index contributed by atoms with van der Waals surface area (Å²) < 4.78 is 35.2. The van der Waals surface area contributed by atoms with Crippen molar-refractivity contribution in [3.8, 4) is 0 Å². The standard InChI is InChI=1S/C22H31N7O6S2.CH4/c1-22(2,23)19(30)25-17(13-34-11-15-7-5-4-6-8-15)18-26-27-20-29(18)16(14-36-20)12-35-21(31)28(3)9-10-37(24,32)33;/h4-8,14,17H,9-13,23H2,1-3H3,(H,25,30)(H2,24,32,33);1H4/t17-;/m1./s1. The molecule has 1 atom stereocenters. The molecule has 2 heterocycles. The number of thiazole rings is 1. The van der Waals surface area contributed by atoms with E-state index in [0.717, 1.165) is 10.5 Å². The van der Waals surface area contributed by atoms with Gasteiger partial charge in [-0.3, -0.25) is 9.20 Å². The number of sulfonamides is 1. The Bertz CT molecular complexity index is 1320. The maximum absolute atomic E-state index is 12.7. The molecule has 0 saturated carbocycles. The summed E-state index contributed by atoms with van der Waals surface area (Å²) in [6.07, 6.45) is -0.724. The lowest BCUT2D eigenvalue weighted by Gasteiger charge is -2.23. The minimum Gasteiger partial charge on any atom is -0.443 e. The Morgan fingerprint density at radius 2 is 1.89 bits per heavy atom. The average Bonchev–Trinajstić information content (AvgIpc) is 3.42. The highest BCUT2D eigenvalue weighted by Crippen LogP contribution is 2.22. The number of aromatic nitrogens is 3. The summed E-state index contributed by atoms with van der Waals surface area (Å²) in [7, 11) is -2.31. The fourth-order valence-corrected chi connectivity index (χ4v) is 4.47. The van der Waals surface area contributed by atoms with Gasteiger partial charge in [0, 0.05) is 19.0 Å². The molecule has 0 aliphatic heterocycles. The molecule has 0 aliphatic rings. The molecule has 0 saturated heterocycles. The van der Waals surface area contributed by atoms with Crippen LogP contribution in [0.2, 0.25) is 0 Å². The third-order valence-corrected chi connectivity index (χ3v) is 6.83. The third kappa shape index (κ3) is 8.73. The van der Waals surface area contributed by atoms with Crippen molar-refractivity contribution >= 4 is 38.3 Å². The van der Waals surface area contributed by atoms with Crippen LogP contribution in [0.3, 0.4) is 0 Å². The van der Waals surface area contributed by atoms with Crippen molar-refractivity contribution in [3.63, 3.8) is 0 Å². The van der Waals surface area contributed by atoms with Gasteiger partial charge in [-0.2, -0.15) is 0 Å². The number of primary sulfonamides is 1. The van der Waals surface area contributed by atoms with E-state index in [2.05, 4.69) is 15.5 Å². The molecule has 2 amide bonds. The highest BCUT2D eigenvalue weighted by atomic mass is 32.2. The summed E-state index contributed by atoms with van der Waals surface area (Å²) >= 11 is 1.28. The molecule has 15 heteroatoms. The maximum atomic E-state index is 12.7. The molecule has 0 aliphatic carbocycles. The summed E-state index contributed by atoms with van der Waals surface area (Å²) in [5, 5.41) is 18.0. The molecule has 3 rings (SSSR count). The lowest BCUT2D eigenvalue weighted by molar-refractivity contribution is -0.126. The van der Waals surface area contributed by atoms with Gasteiger partial charge in [-0.1, -0.05) is 37.8 Å². The van der Waals surface area contributed by atoms with Gasteiger partial charge in [-0.25, -0.2) is 18.4 Å². The second-order valence-corrected chi connectivity index (χ2v) is 11.6. The zero-order valence-electron chi connectivity index (χ0n) is 20.8. The second kappa shape index (κ2) is 13.1. The molecular formula is C23H35N7O6S2. The summed E-state index contributed by atoms with van der Waals surface area (Å²) in [5.74, 6) is -0.411. The summed E-state index contributed by atoms with van der Waals surface area (Å²) in [6.45, 7) is 3.33. The first-order valence-corrected chi connectivity index (χ1v) is 13.9. The zero-order chi connectivity index (χ0) is 27.2. The number of fused-ring (bicyclic) bond motifs is 1. The van der Waals surface area contributed by atoms with Gasteiger partial charge in [-0.15, -0.1) is 21.5 Å². The van der Waals surface area contributed by atoms with Crippen LogP contribution in [0, 0.1) is 0 Å². The van der Waals surface area contributed by atoms with Gasteiger partial charge in [0.15, 0.2) is 5.82 Å². The number of nitrogens with zero attached hydrogens (tertiary/aromatic N) is 4. The molecule has 3 aromatic rings. The Morgan fingerprint density at radius 1 is 1.21 bits per heavy atom. The molecule has 0 radical (unpaired) electrons. The monoisotopic (exact) mass is 569 g/mol. The largest absolute Gasteiger partial charge is 0.443 e. The minimum atomic E-state index is -3.72. The van der Waals surface area contributed by atoms with Crippen LogP contribution in [0.25, 0.3) is 4.96 Å². The van der Waals surface area contributed by atoms with E-state index in [0.29, 0.717) is 23.1 Å². The number of ether oxygens (including phenoxy) is 2. The quantitative estimate of drug-likeness (QED) is 0.290. The number of benzene rings is 1. The molecule has 13 nitrogen and oxygen atoms in total. The molecule has 210 valence electrons. The third-order valence-electron chi connectivity index (χ3n) is 5.21. The fraction of sp³-hybridized carbons (Fsp3) is 0.478. The summed E-state index contributed by atoms with van der Waals surface area (Å²) in [6, 6.07) is 8.88. The molecule has 38 heavy (non-hydrogen) atoms. The second-order valence-electron chi connectivity index (χ2n) is 8.99. The van der Waals surface area contributed by atoms with Crippen LogP contribution >= 0.6 is 11.3 Å². The summed E-state index contributed by atoms with van der Waals surface area (Å²) in [4.78, 5) is 26.7. The number of amides is 2. The van der Waals surface area contributed by atoms with Gasteiger partial charge in [0.1, 0.15) is 12.6 Å².